The first-order chi connectivity index (χ1) is 42.0. The molecule has 0 N–H and O–H groups in total. The molecule has 2 unspecified atom stereocenters. The molecule has 0 radical (unpaired) electrons. The molecule has 496 valence electrons. The van der Waals surface area contributed by atoms with E-state index in [4.69, 9.17) is 18.5 Å². The number of phosphoric ester groups is 1. The fourth-order valence-corrected chi connectivity index (χ4v) is 10.6. The van der Waals surface area contributed by atoms with E-state index in [1.807, 2.05) is 21.1 Å². The van der Waals surface area contributed by atoms with Gasteiger partial charge in [-0.15, -0.1) is 0 Å². The molecule has 0 aliphatic carbocycles. The number of carbonyl (C=O) groups excluding carboxylic acids is 2. The summed E-state index contributed by atoms with van der Waals surface area (Å²) in [6.07, 6.45) is 93.3. The Kier molecular flexibility index (Phi) is 63.5. The monoisotopic (exact) mass is 1220 g/mol. The summed E-state index contributed by atoms with van der Waals surface area (Å²) in [7, 11) is 1.14. The maximum absolute atomic E-state index is 12.8. The van der Waals surface area contributed by atoms with E-state index < -0.39 is 26.5 Å². The Balaban J connectivity index is 3.99. The van der Waals surface area contributed by atoms with Crippen molar-refractivity contribution >= 4 is 19.8 Å². The molecule has 0 aromatic heterocycles. The van der Waals surface area contributed by atoms with Crippen molar-refractivity contribution in [3.8, 4) is 0 Å². The van der Waals surface area contributed by atoms with Crippen molar-refractivity contribution in [2.75, 3.05) is 47.5 Å². The topological polar surface area (TPSA) is 111 Å². The van der Waals surface area contributed by atoms with Crippen molar-refractivity contribution < 1.29 is 42.1 Å². The zero-order valence-corrected chi connectivity index (χ0v) is 57.4. The Bertz CT molecular complexity index is 1820. The number of carbonyl (C=O) groups is 2. The lowest BCUT2D eigenvalue weighted by Crippen LogP contribution is -2.37. The molecule has 0 aromatic carbocycles. The number of nitrogens with zero attached hydrogens (tertiary/aromatic N) is 1. The van der Waals surface area contributed by atoms with E-state index in [2.05, 4.69) is 123 Å². The van der Waals surface area contributed by atoms with Crippen LogP contribution in [-0.4, -0.2) is 70.0 Å². The Morgan fingerprint density at radius 3 is 0.988 bits per heavy atom. The summed E-state index contributed by atoms with van der Waals surface area (Å²) in [5.41, 5.74) is 0. The van der Waals surface area contributed by atoms with Gasteiger partial charge < -0.3 is 27.9 Å². The second-order valence-corrected chi connectivity index (χ2v) is 26.3. The number of hydrogen-bond donors (Lipinski definition) is 0. The van der Waals surface area contributed by atoms with Crippen molar-refractivity contribution in [1.82, 2.24) is 0 Å². The van der Waals surface area contributed by atoms with E-state index in [1.165, 1.54) is 180 Å². The van der Waals surface area contributed by atoms with Crippen LogP contribution in [0, 0.1) is 0 Å². The van der Waals surface area contributed by atoms with Crippen LogP contribution in [0.3, 0.4) is 0 Å². The molecule has 0 bridgehead atoms. The van der Waals surface area contributed by atoms with Gasteiger partial charge in [-0.3, -0.25) is 14.2 Å². The van der Waals surface area contributed by atoms with Gasteiger partial charge in [-0.1, -0.05) is 303 Å². The van der Waals surface area contributed by atoms with Crippen molar-refractivity contribution in [1.29, 1.82) is 0 Å². The molecule has 0 aliphatic heterocycles. The number of hydrogen-bond acceptors (Lipinski definition) is 8. The number of quaternary nitrogens is 1. The minimum atomic E-state index is -4.65. The summed E-state index contributed by atoms with van der Waals surface area (Å²) in [5.74, 6) is -0.858. The third-order valence-corrected chi connectivity index (χ3v) is 16.2. The molecule has 0 aliphatic rings. The molecule has 0 rings (SSSR count). The first kappa shape index (κ1) is 82.7. The molecule has 0 aromatic rings. The summed E-state index contributed by atoms with van der Waals surface area (Å²) in [6.45, 7) is 4.10. The van der Waals surface area contributed by atoms with Gasteiger partial charge in [0, 0.05) is 12.8 Å². The lowest BCUT2D eigenvalue weighted by Gasteiger charge is -2.28. The van der Waals surface area contributed by atoms with Crippen LogP contribution in [0.2, 0.25) is 0 Å². The average molecular weight is 1220 g/mol. The number of phosphoric acid groups is 1. The van der Waals surface area contributed by atoms with Crippen LogP contribution in [0.1, 0.15) is 309 Å². The second-order valence-electron chi connectivity index (χ2n) is 24.9. The highest BCUT2D eigenvalue weighted by Crippen LogP contribution is 2.38. The number of likely N-dealkylation sites (N-methyl/N-ethyl adjacent to an activating group) is 1. The van der Waals surface area contributed by atoms with Crippen LogP contribution in [0.15, 0.2) is 109 Å². The highest BCUT2D eigenvalue weighted by atomic mass is 31.2. The summed E-state index contributed by atoms with van der Waals surface area (Å²) in [6, 6.07) is 0. The molecule has 86 heavy (non-hydrogen) atoms. The van der Waals surface area contributed by atoms with Gasteiger partial charge in [0.05, 0.1) is 27.7 Å². The summed E-state index contributed by atoms with van der Waals surface area (Å²) in [4.78, 5) is 38.0. The van der Waals surface area contributed by atoms with Gasteiger partial charge in [-0.2, -0.15) is 0 Å². The lowest BCUT2D eigenvalue weighted by molar-refractivity contribution is -0.870. The summed E-state index contributed by atoms with van der Waals surface area (Å²) < 4.78 is 34.3. The summed E-state index contributed by atoms with van der Waals surface area (Å²) >= 11 is 0. The Morgan fingerprint density at radius 1 is 0.372 bits per heavy atom. The Morgan fingerprint density at radius 2 is 0.663 bits per heavy atom. The van der Waals surface area contributed by atoms with E-state index in [9.17, 15) is 19.0 Å². The van der Waals surface area contributed by atoms with E-state index in [1.54, 1.807) is 0 Å². The summed E-state index contributed by atoms with van der Waals surface area (Å²) in [5, 5.41) is 0. The lowest BCUT2D eigenvalue weighted by atomic mass is 10.0. The first-order valence-electron chi connectivity index (χ1n) is 35.6. The van der Waals surface area contributed by atoms with Crippen LogP contribution in [0.5, 0.6) is 0 Å². The number of rotatable bonds is 65. The zero-order valence-electron chi connectivity index (χ0n) is 56.5. The average Bonchev–Trinajstić information content (AvgIpc) is 3.56. The largest absolute Gasteiger partial charge is 0.756 e. The van der Waals surface area contributed by atoms with Crippen molar-refractivity contribution in [3.63, 3.8) is 0 Å². The predicted molar refractivity (Wildman–Crippen MR) is 369 cm³/mol. The van der Waals surface area contributed by atoms with Crippen LogP contribution < -0.4 is 4.89 Å². The van der Waals surface area contributed by atoms with Crippen LogP contribution in [0.4, 0.5) is 0 Å². The van der Waals surface area contributed by atoms with Gasteiger partial charge in [0.25, 0.3) is 7.82 Å². The quantitative estimate of drug-likeness (QED) is 0.0195. The Labute approximate surface area is 531 Å². The zero-order chi connectivity index (χ0) is 62.6. The second kappa shape index (κ2) is 66.1. The molecule has 10 heteroatoms. The van der Waals surface area contributed by atoms with E-state index in [0.29, 0.717) is 17.4 Å². The Hall–Kier alpha value is -3.33. The van der Waals surface area contributed by atoms with Crippen LogP contribution in [-0.2, 0) is 32.7 Å². The standard InChI is InChI=1S/C76H134NO8P/c1-6-8-10-12-14-16-18-20-22-24-26-28-30-31-32-33-34-35-36-37-38-39-40-41-42-43-44-45-47-48-50-52-54-56-58-60-62-64-66-68-75(78)82-72-74(73-84-86(80,81)83-71-70-77(3,4)5)85-76(79)69-67-65-63-61-59-57-55-53-51-49-46-29-27-25-23-21-19-17-15-13-11-9-7-2/h9,11,15,17-18,20-21,23-24,26-27,29-31,49,51,55,57,74H,6-8,10,12-14,16,19,22,25,28,32-48,50,52-54,56,58-73H2,1-5H3/b11-9-,17-15-,20-18-,23-21-,26-24-,29-27-,31-30-,51-49-,57-55-. The fourth-order valence-electron chi connectivity index (χ4n) is 9.85. The molecule has 0 saturated carbocycles. The van der Waals surface area contributed by atoms with Gasteiger partial charge in [0.1, 0.15) is 19.8 Å². The van der Waals surface area contributed by atoms with Crippen molar-refractivity contribution in [3.05, 3.63) is 109 Å². The van der Waals surface area contributed by atoms with Crippen LogP contribution in [0.25, 0.3) is 0 Å². The van der Waals surface area contributed by atoms with Crippen LogP contribution >= 0.6 is 7.82 Å². The smallest absolute Gasteiger partial charge is 0.306 e. The van der Waals surface area contributed by atoms with Crippen molar-refractivity contribution in [2.45, 2.75) is 315 Å². The highest BCUT2D eigenvalue weighted by molar-refractivity contribution is 7.45. The van der Waals surface area contributed by atoms with Gasteiger partial charge in [0.15, 0.2) is 6.10 Å². The minimum absolute atomic E-state index is 0.0400. The fraction of sp³-hybridized carbons (Fsp3) is 0.737. The molecule has 0 amide bonds. The number of unbranched alkanes of at least 4 members (excludes halogenated alkanes) is 33. The van der Waals surface area contributed by atoms with E-state index in [-0.39, 0.29) is 32.0 Å². The predicted octanol–water partition coefficient (Wildman–Crippen LogP) is 22.6. The molecule has 0 saturated heterocycles. The normalized spacial score (nSPS) is 13.8. The maximum atomic E-state index is 12.8. The third kappa shape index (κ3) is 69.8. The SMILES string of the molecule is CC/C=C\C/C=C\C/C=C\C/C=C\C/C=C\C/C=C\CCCCCCC(=O)OC(COC(=O)CCCCCCCCCCCCCCCCCCCCCCCCCC/C=C\C/C=C\C/C=C\CCCCCCC)COP(=O)([O-])OCC[N+](C)(C)C. The van der Waals surface area contributed by atoms with E-state index in [0.717, 1.165) is 96.3 Å². The molecular formula is C76H134NO8P. The molecule has 2 atom stereocenters. The van der Waals surface area contributed by atoms with Gasteiger partial charge >= 0.3 is 11.9 Å². The van der Waals surface area contributed by atoms with Gasteiger partial charge in [-0.05, 0) is 103 Å². The molecule has 0 spiro atoms. The maximum Gasteiger partial charge on any atom is 0.306 e. The third-order valence-electron chi connectivity index (χ3n) is 15.3. The number of ether oxygens (including phenoxy) is 2. The number of esters is 2. The minimum Gasteiger partial charge on any atom is -0.756 e. The van der Waals surface area contributed by atoms with Gasteiger partial charge in [-0.25, -0.2) is 0 Å². The van der Waals surface area contributed by atoms with Gasteiger partial charge in [0.2, 0.25) is 0 Å². The number of allylic oxidation sites excluding steroid dienone is 18. The molecule has 0 fully saturated rings. The molecule has 9 nitrogen and oxygen atoms in total. The first-order valence-corrected chi connectivity index (χ1v) is 37.1. The highest BCUT2D eigenvalue weighted by Gasteiger charge is 2.22. The molecule has 0 heterocycles. The molecular weight excluding hydrogens is 1090 g/mol. The van der Waals surface area contributed by atoms with E-state index >= 15 is 0 Å². The van der Waals surface area contributed by atoms with Crippen molar-refractivity contribution in [2.24, 2.45) is 0 Å².